The lowest BCUT2D eigenvalue weighted by molar-refractivity contribution is -0.182. The lowest BCUT2D eigenvalue weighted by Crippen LogP contribution is -2.51. The van der Waals surface area contributed by atoms with Gasteiger partial charge in [-0.25, -0.2) is 8.78 Å². The molecular weight excluding hydrogens is 262 g/mol. The van der Waals surface area contributed by atoms with E-state index in [1.165, 1.54) is 0 Å². The molecule has 110 valence electrons. The van der Waals surface area contributed by atoms with Gasteiger partial charge in [-0.05, 0) is 31.6 Å². The Morgan fingerprint density at radius 3 is 2.26 bits per heavy atom. The van der Waals surface area contributed by atoms with Crippen LogP contribution in [0.1, 0.15) is 44.9 Å². The summed E-state index contributed by atoms with van der Waals surface area (Å²) in [6.45, 7) is 0.183. The van der Waals surface area contributed by atoms with Gasteiger partial charge in [0, 0.05) is 12.6 Å². The van der Waals surface area contributed by atoms with Crippen molar-refractivity contribution < 1.29 is 22.4 Å². The van der Waals surface area contributed by atoms with E-state index in [-0.39, 0.29) is 18.5 Å². The standard InChI is InChI=1S/C13H19F4NO/c14-11(15)13(16,17)12(19)18-8-4-7-10(18)9-5-2-1-3-6-9/h9-11H,1-8H2. The van der Waals surface area contributed by atoms with Crippen LogP contribution in [0.5, 0.6) is 0 Å². The molecule has 6 heteroatoms. The predicted molar refractivity (Wildman–Crippen MR) is 62.3 cm³/mol. The fourth-order valence-corrected chi connectivity index (χ4v) is 3.34. The minimum absolute atomic E-state index is 0.183. The zero-order chi connectivity index (χ0) is 14.0. The van der Waals surface area contributed by atoms with Gasteiger partial charge < -0.3 is 4.90 Å². The van der Waals surface area contributed by atoms with E-state index >= 15 is 0 Å². The number of carbonyl (C=O) groups excluding carboxylic acids is 1. The normalized spacial score (nSPS) is 26.2. The Kier molecular flexibility index (Phi) is 4.36. The van der Waals surface area contributed by atoms with Crippen molar-refractivity contribution in [3.63, 3.8) is 0 Å². The SMILES string of the molecule is O=C(N1CCCC1C1CCCCC1)C(F)(F)C(F)F. The first-order valence-corrected chi connectivity index (χ1v) is 6.91. The second-order valence-corrected chi connectivity index (χ2v) is 5.53. The van der Waals surface area contributed by atoms with E-state index in [0.29, 0.717) is 12.8 Å². The van der Waals surface area contributed by atoms with Crippen LogP contribution in [-0.4, -0.2) is 35.7 Å². The molecule has 0 aromatic rings. The number of halogens is 4. The molecule has 0 bridgehead atoms. The van der Waals surface area contributed by atoms with Crippen molar-refractivity contribution in [2.45, 2.75) is 63.3 Å². The molecule has 1 aliphatic carbocycles. The van der Waals surface area contributed by atoms with Crippen LogP contribution in [0, 0.1) is 5.92 Å². The predicted octanol–water partition coefficient (Wildman–Crippen LogP) is 3.46. The summed E-state index contributed by atoms with van der Waals surface area (Å²) < 4.78 is 51.0. The lowest BCUT2D eigenvalue weighted by Gasteiger charge is -2.35. The Morgan fingerprint density at radius 1 is 1.05 bits per heavy atom. The van der Waals surface area contributed by atoms with Gasteiger partial charge in [0.25, 0.3) is 5.91 Å². The molecule has 1 saturated heterocycles. The number of carbonyl (C=O) groups is 1. The number of hydrogen-bond donors (Lipinski definition) is 0. The molecule has 1 atom stereocenters. The van der Waals surface area contributed by atoms with Crippen molar-refractivity contribution in [2.24, 2.45) is 5.92 Å². The van der Waals surface area contributed by atoms with Crippen LogP contribution in [0.2, 0.25) is 0 Å². The van der Waals surface area contributed by atoms with Crippen LogP contribution in [0.3, 0.4) is 0 Å². The van der Waals surface area contributed by atoms with Crippen LogP contribution in [0.15, 0.2) is 0 Å². The summed E-state index contributed by atoms with van der Waals surface area (Å²) in [6.07, 6.45) is 2.39. The van der Waals surface area contributed by atoms with E-state index in [4.69, 9.17) is 0 Å². The van der Waals surface area contributed by atoms with Gasteiger partial charge in [0.15, 0.2) is 0 Å². The maximum atomic E-state index is 13.2. The second kappa shape index (κ2) is 5.67. The molecule has 2 fully saturated rings. The van der Waals surface area contributed by atoms with Crippen molar-refractivity contribution in [1.82, 2.24) is 4.90 Å². The highest BCUT2D eigenvalue weighted by atomic mass is 19.3. The summed E-state index contributed by atoms with van der Waals surface area (Å²) in [4.78, 5) is 12.7. The molecule has 0 spiro atoms. The van der Waals surface area contributed by atoms with E-state index in [9.17, 15) is 22.4 Å². The van der Waals surface area contributed by atoms with Crippen LogP contribution in [0.4, 0.5) is 17.6 Å². The summed E-state index contributed by atoms with van der Waals surface area (Å²) in [5.74, 6) is -6.03. The van der Waals surface area contributed by atoms with E-state index in [1.54, 1.807) is 0 Å². The van der Waals surface area contributed by atoms with Gasteiger partial charge in [-0.2, -0.15) is 8.78 Å². The molecule has 0 radical (unpaired) electrons. The number of alkyl halides is 4. The minimum Gasteiger partial charge on any atom is -0.334 e. The zero-order valence-corrected chi connectivity index (χ0v) is 10.8. The molecule has 19 heavy (non-hydrogen) atoms. The van der Waals surface area contributed by atoms with Crippen LogP contribution < -0.4 is 0 Å². The topological polar surface area (TPSA) is 20.3 Å². The van der Waals surface area contributed by atoms with E-state index in [0.717, 1.165) is 37.0 Å². The molecule has 2 rings (SSSR count). The Labute approximate surface area is 110 Å². The highest BCUT2D eigenvalue weighted by Crippen LogP contribution is 2.37. The van der Waals surface area contributed by atoms with Crippen molar-refractivity contribution in [3.05, 3.63) is 0 Å². The molecule has 1 aliphatic heterocycles. The van der Waals surface area contributed by atoms with E-state index in [2.05, 4.69) is 0 Å². The molecule has 0 N–H and O–H groups in total. The number of nitrogens with zero attached hydrogens (tertiary/aromatic N) is 1. The molecule has 0 aromatic heterocycles. The van der Waals surface area contributed by atoms with Gasteiger partial charge in [-0.15, -0.1) is 0 Å². The smallest absolute Gasteiger partial charge is 0.334 e. The third kappa shape index (κ3) is 2.87. The van der Waals surface area contributed by atoms with Gasteiger partial charge in [0.2, 0.25) is 0 Å². The Bertz CT molecular complexity index is 329. The van der Waals surface area contributed by atoms with Crippen LogP contribution in [-0.2, 0) is 4.79 Å². The third-order valence-corrected chi connectivity index (χ3v) is 4.31. The number of amides is 1. The highest BCUT2D eigenvalue weighted by Gasteiger charge is 2.53. The van der Waals surface area contributed by atoms with Crippen LogP contribution in [0.25, 0.3) is 0 Å². The quantitative estimate of drug-likeness (QED) is 0.725. The largest absolute Gasteiger partial charge is 0.383 e. The van der Waals surface area contributed by atoms with Crippen LogP contribution >= 0.6 is 0 Å². The summed E-state index contributed by atoms with van der Waals surface area (Å²) in [7, 11) is 0. The molecule has 2 aliphatic rings. The highest BCUT2D eigenvalue weighted by molar-refractivity contribution is 5.84. The third-order valence-electron chi connectivity index (χ3n) is 4.31. The fraction of sp³-hybridized carbons (Fsp3) is 0.923. The van der Waals surface area contributed by atoms with Crippen molar-refractivity contribution in [3.8, 4) is 0 Å². The van der Waals surface area contributed by atoms with E-state index < -0.39 is 18.3 Å². The average Bonchev–Trinajstić information content (AvgIpc) is 2.87. The van der Waals surface area contributed by atoms with E-state index in [1.807, 2.05) is 0 Å². The molecule has 1 amide bonds. The maximum Gasteiger partial charge on any atom is 0.383 e. The molecule has 2 nitrogen and oxygen atoms in total. The summed E-state index contributed by atoms with van der Waals surface area (Å²) in [5, 5.41) is 0. The van der Waals surface area contributed by atoms with Gasteiger partial charge in [-0.3, -0.25) is 4.79 Å². The first-order valence-electron chi connectivity index (χ1n) is 6.91. The van der Waals surface area contributed by atoms with Gasteiger partial charge in [-0.1, -0.05) is 19.3 Å². The monoisotopic (exact) mass is 281 g/mol. The number of rotatable bonds is 3. The van der Waals surface area contributed by atoms with Crippen molar-refractivity contribution in [1.29, 1.82) is 0 Å². The summed E-state index contributed by atoms with van der Waals surface area (Å²) >= 11 is 0. The lowest BCUT2D eigenvalue weighted by atomic mass is 9.83. The fourth-order valence-electron chi connectivity index (χ4n) is 3.34. The summed E-state index contributed by atoms with van der Waals surface area (Å²) in [6, 6.07) is -0.266. The molecule has 0 aromatic carbocycles. The second-order valence-electron chi connectivity index (χ2n) is 5.53. The summed E-state index contributed by atoms with van der Waals surface area (Å²) in [5.41, 5.74) is 0. The molecule has 1 saturated carbocycles. The van der Waals surface area contributed by atoms with Gasteiger partial charge in [0.05, 0.1) is 0 Å². The maximum absolute atomic E-state index is 13.2. The van der Waals surface area contributed by atoms with Gasteiger partial charge >= 0.3 is 12.3 Å². The minimum atomic E-state index is -4.54. The molecule has 1 unspecified atom stereocenters. The number of likely N-dealkylation sites (tertiary alicyclic amines) is 1. The Balaban J connectivity index is 2.07. The Morgan fingerprint density at radius 2 is 1.68 bits per heavy atom. The number of hydrogen-bond acceptors (Lipinski definition) is 1. The molecular formula is C13H19F4NO. The molecule has 1 heterocycles. The average molecular weight is 281 g/mol. The first kappa shape index (κ1) is 14.6. The van der Waals surface area contributed by atoms with Crippen molar-refractivity contribution in [2.75, 3.05) is 6.54 Å². The van der Waals surface area contributed by atoms with Crippen molar-refractivity contribution >= 4 is 5.91 Å². The zero-order valence-electron chi connectivity index (χ0n) is 10.8. The first-order chi connectivity index (χ1) is 8.94. The van der Waals surface area contributed by atoms with Gasteiger partial charge in [0.1, 0.15) is 0 Å². The Hall–Kier alpha value is -0.810.